The molecule has 2 aromatic carbocycles. The number of amides is 1. The molecule has 0 atom stereocenters. The molecular weight excluding hydrogens is 292 g/mol. The van der Waals surface area contributed by atoms with Gasteiger partial charge in [0.15, 0.2) is 0 Å². The minimum Gasteiger partial charge on any atom is -0.489 e. The molecule has 23 heavy (non-hydrogen) atoms. The number of ether oxygens (including phenoxy) is 2. The van der Waals surface area contributed by atoms with Gasteiger partial charge in [0.1, 0.15) is 12.4 Å². The molecule has 0 spiro atoms. The van der Waals surface area contributed by atoms with Gasteiger partial charge >= 0.3 is 6.09 Å². The highest BCUT2D eigenvalue weighted by atomic mass is 16.5. The van der Waals surface area contributed by atoms with Gasteiger partial charge in [0.05, 0.1) is 23.4 Å². The summed E-state index contributed by atoms with van der Waals surface area (Å²) in [6.45, 7) is 3.93. The summed E-state index contributed by atoms with van der Waals surface area (Å²) in [5.41, 5.74) is 1.83. The number of nitriles is 1. The fraction of sp³-hybridized carbons (Fsp3) is 0.222. The Morgan fingerprint density at radius 1 is 1.22 bits per heavy atom. The van der Waals surface area contributed by atoms with Gasteiger partial charge in [0.2, 0.25) is 0 Å². The van der Waals surface area contributed by atoms with Gasteiger partial charge in [-0.1, -0.05) is 30.3 Å². The molecule has 2 rings (SSSR count). The highest BCUT2D eigenvalue weighted by Crippen LogP contribution is 2.27. The summed E-state index contributed by atoms with van der Waals surface area (Å²) in [7, 11) is 0. The third-order valence-electron chi connectivity index (χ3n) is 2.92. The molecule has 0 saturated heterocycles. The molecule has 0 heterocycles. The molecule has 118 valence electrons. The van der Waals surface area contributed by atoms with Crippen LogP contribution < -0.4 is 10.1 Å². The summed E-state index contributed by atoms with van der Waals surface area (Å²) in [4.78, 5) is 11.9. The summed E-state index contributed by atoms with van der Waals surface area (Å²) in [5.74, 6) is 0.440. The Morgan fingerprint density at radius 2 is 1.96 bits per heavy atom. The van der Waals surface area contributed by atoms with E-state index in [9.17, 15) is 4.79 Å². The Bertz CT molecular complexity index is 706. The molecule has 1 amide bonds. The van der Waals surface area contributed by atoms with Crippen LogP contribution in [0, 0.1) is 11.3 Å². The van der Waals surface area contributed by atoms with Crippen LogP contribution in [0.5, 0.6) is 5.75 Å². The molecular formula is C18H18N2O3. The van der Waals surface area contributed by atoms with Gasteiger partial charge in [0.25, 0.3) is 0 Å². The van der Waals surface area contributed by atoms with Crippen LogP contribution in [0.15, 0.2) is 48.5 Å². The van der Waals surface area contributed by atoms with Gasteiger partial charge in [-0.25, -0.2) is 4.79 Å². The van der Waals surface area contributed by atoms with E-state index in [1.54, 1.807) is 18.2 Å². The summed E-state index contributed by atoms with van der Waals surface area (Å²) < 4.78 is 10.8. The zero-order valence-electron chi connectivity index (χ0n) is 13.1. The van der Waals surface area contributed by atoms with Crippen molar-refractivity contribution in [3.63, 3.8) is 0 Å². The number of rotatable bonds is 5. The number of carbonyl (C=O) groups is 1. The van der Waals surface area contributed by atoms with E-state index in [1.807, 2.05) is 50.2 Å². The van der Waals surface area contributed by atoms with E-state index >= 15 is 0 Å². The lowest BCUT2D eigenvalue weighted by molar-refractivity contribution is 0.155. The zero-order valence-corrected chi connectivity index (χ0v) is 13.1. The maximum Gasteiger partial charge on any atom is 0.412 e. The number of anilines is 1. The summed E-state index contributed by atoms with van der Waals surface area (Å²) >= 11 is 0. The van der Waals surface area contributed by atoms with Gasteiger partial charge < -0.3 is 9.47 Å². The highest BCUT2D eigenvalue weighted by molar-refractivity contribution is 5.86. The van der Waals surface area contributed by atoms with Crippen molar-refractivity contribution in [2.24, 2.45) is 0 Å². The smallest absolute Gasteiger partial charge is 0.412 e. The van der Waals surface area contributed by atoms with Crippen molar-refractivity contribution >= 4 is 11.8 Å². The van der Waals surface area contributed by atoms with Crippen LogP contribution in [-0.4, -0.2) is 12.2 Å². The van der Waals surface area contributed by atoms with Crippen molar-refractivity contribution in [2.45, 2.75) is 26.6 Å². The normalized spacial score (nSPS) is 10.0. The first-order chi connectivity index (χ1) is 11.1. The molecule has 1 N–H and O–H groups in total. The quantitative estimate of drug-likeness (QED) is 0.902. The largest absolute Gasteiger partial charge is 0.489 e. The van der Waals surface area contributed by atoms with E-state index < -0.39 is 6.09 Å². The van der Waals surface area contributed by atoms with E-state index in [2.05, 4.69) is 5.32 Å². The van der Waals surface area contributed by atoms with Crippen LogP contribution in [0.4, 0.5) is 10.5 Å². The van der Waals surface area contributed by atoms with Crippen molar-refractivity contribution in [3.05, 3.63) is 59.7 Å². The predicted octanol–water partition coefficient (Wildman–Crippen LogP) is 4.09. The molecule has 5 heteroatoms. The fourth-order valence-corrected chi connectivity index (χ4v) is 1.92. The maximum absolute atomic E-state index is 11.9. The average molecular weight is 310 g/mol. The molecule has 0 unspecified atom stereocenters. The molecule has 2 aromatic rings. The second-order valence-corrected chi connectivity index (χ2v) is 5.18. The zero-order chi connectivity index (χ0) is 16.7. The third-order valence-corrected chi connectivity index (χ3v) is 2.92. The topological polar surface area (TPSA) is 71.3 Å². The van der Waals surface area contributed by atoms with E-state index in [0.717, 1.165) is 5.56 Å². The number of hydrogen-bond acceptors (Lipinski definition) is 4. The summed E-state index contributed by atoms with van der Waals surface area (Å²) in [6.07, 6.45) is -0.656. The second kappa shape index (κ2) is 7.85. The van der Waals surface area contributed by atoms with E-state index in [0.29, 0.717) is 17.0 Å². The average Bonchev–Trinajstić information content (AvgIpc) is 2.55. The lowest BCUT2D eigenvalue weighted by Gasteiger charge is -2.15. The molecule has 0 aromatic heterocycles. The van der Waals surface area contributed by atoms with Crippen molar-refractivity contribution in [1.82, 2.24) is 0 Å². The minimum atomic E-state index is -0.577. The van der Waals surface area contributed by atoms with E-state index in [4.69, 9.17) is 14.7 Å². The van der Waals surface area contributed by atoms with Crippen LogP contribution >= 0.6 is 0 Å². The van der Waals surface area contributed by atoms with Crippen LogP contribution in [-0.2, 0) is 11.3 Å². The van der Waals surface area contributed by atoms with Crippen LogP contribution in [0.25, 0.3) is 0 Å². The first kappa shape index (κ1) is 16.4. The van der Waals surface area contributed by atoms with Gasteiger partial charge in [-0.15, -0.1) is 0 Å². The molecule has 0 aliphatic heterocycles. The van der Waals surface area contributed by atoms with Crippen molar-refractivity contribution < 1.29 is 14.3 Å². The monoisotopic (exact) mass is 310 g/mol. The molecule has 0 aliphatic carbocycles. The Labute approximate surface area is 135 Å². The predicted molar refractivity (Wildman–Crippen MR) is 87.2 cm³/mol. The van der Waals surface area contributed by atoms with Crippen molar-refractivity contribution in [1.29, 1.82) is 5.26 Å². The number of benzene rings is 2. The second-order valence-electron chi connectivity index (χ2n) is 5.18. The standard InChI is InChI=1S/C18H18N2O3/c1-13(2)23-17-10-15(11-19)8-9-16(17)20-18(21)22-12-14-6-4-3-5-7-14/h3-10,13H,12H2,1-2H3,(H,20,21). The van der Waals surface area contributed by atoms with Gasteiger partial charge in [0, 0.05) is 6.07 Å². The molecule has 0 aliphatic rings. The van der Waals surface area contributed by atoms with Gasteiger partial charge in [-0.3, -0.25) is 5.32 Å². The Hall–Kier alpha value is -3.00. The summed E-state index contributed by atoms with van der Waals surface area (Å²) in [5, 5.41) is 11.6. The van der Waals surface area contributed by atoms with Gasteiger partial charge in [-0.05, 0) is 31.5 Å². The Kier molecular flexibility index (Phi) is 5.59. The van der Waals surface area contributed by atoms with Crippen LogP contribution in [0.1, 0.15) is 25.0 Å². The van der Waals surface area contributed by atoms with E-state index in [1.165, 1.54) is 0 Å². The summed E-state index contributed by atoms with van der Waals surface area (Å²) in [6, 6.07) is 16.3. The highest BCUT2D eigenvalue weighted by Gasteiger charge is 2.11. The molecule has 0 bridgehead atoms. The van der Waals surface area contributed by atoms with Crippen LogP contribution in [0.2, 0.25) is 0 Å². The first-order valence-electron chi connectivity index (χ1n) is 7.27. The van der Waals surface area contributed by atoms with Crippen molar-refractivity contribution in [3.8, 4) is 11.8 Å². The maximum atomic E-state index is 11.9. The van der Waals surface area contributed by atoms with Crippen LogP contribution in [0.3, 0.4) is 0 Å². The SMILES string of the molecule is CC(C)Oc1cc(C#N)ccc1NC(=O)OCc1ccccc1. The van der Waals surface area contributed by atoms with Crippen molar-refractivity contribution in [2.75, 3.05) is 5.32 Å². The van der Waals surface area contributed by atoms with Gasteiger partial charge in [-0.2, -0.15) is 5.26 Å². The minimum absolute atomic E-state index is 0.0789. The number of hydrogen-bond donors (Lipinski definition) is 1. The first-order valence-corrected chi connectivity index (χ1v) is 7.27. The van der Waals surface area contributed by atoms with E-state index in [-0.39, 0.29) is 12.7 Å². The lowest BCUT2D eigenvalue weighted by Crippen LogP contribution is -2.15. The lowest BCUT2D eigenvalue weighted by atomic mass is 10.2. The molecule has 0 radical (unpaired) electrons. The molecule has 5 nitrogen and oxygen atoms in total. The number of nitrogens with zero attached hydrogens (tertiary/aromatic N) is 1. The fourth-order valence-electron chi connectivity index (χ4n) is 1.92. The molecule has 0 saturated carbocycles. The Balaban J connectivity index is 2.03. The number of carbonyl (C=O) groups excluding carboxylic acids is 1. The Morgan fingerprint density at radius 3 is 2.61 bits per heavy atom. The number of nitrogens with one attached hydrogen (secondary N) is 1. The third kappa shape index (κ3) is 5.04. The molecule has 0 fully saturated rings.